The SMILES string of the molecule is O=C(NCc1cnc(-c2ccc(S(=O)(=O)CCCNC(=O)C(F)(F)F)cc2)s1)c1ccc2c(c1)NC(=O)c1ccccc1S2(=O)=O. The minimum Gasteiger partial charge on any atom is -0.348 e. The van der Waals surface area contributed by atoms with E-state index < -0.39 is 55.9 Å². The summed E-state index contributed by atoms with van der Waals surface area (Å²) in [5.74, 6) is -3.75. The highest BCUT2D eigenvalue weighted by Crippen LogP contribution is 2.34. The van der Waals surface area contributed by atoms with Crippen LogP contribution in [-0.4, -0.2) is 58.0 Å². The van der Waals surface area contributed by atoms with Gasteiger partial charge in [-0.3, -0.25) is 14.4 Å². The third-order valence-corrected chi connectivity index (χ3v) is 11.5. The lowest BCUT2D eigenvalue weighted by Crippen LogP contribution is -2.37. The molecule has 1 aromatic heterocycles. The monoisotopic (exact) mass is 692 g/mol. The molecule has 0 atom stereocenters. The lowest BCUT2D eigenvalue weighted by atomic mass is 10.1. The third kappa shape index (κ3) is 6.95. The van der Waals surface area contributed by atoms with Crippen molar-refractivity contribution in [2.24, 2.45) is 0 Å². The number of nitrogens with one attached hydrogen (secondary N) is 3. The van der Waals surface area contributed by atoms with E-state index in [1.165, 1.54) is 78.2 Å². The Morgan fingerprint density at radius 1 is 0.957 bits per heavy atom. The standard InChI is InChI=1S/C29H23F3N4O7S3/c30-29(31,32)28(39)33-12-3-13-45(40,41)20-9-6-17(7-10-20)27-35-16-19(44-27)15-34-25(37)18-8-11-24-22(14-18)36-26(38)21-4-1-2-5-23(21)46(24,42)43/h1-2,4-11,14,16H,3,12-13,15H2,(H,33,39)(H,34,37)(H,36,38). The number of aromatic nitrogens is 1. The maximum atomic E-state index is 13.2. The molecule has 3 N–H and O–H groups in total. The Morgan fingerprint density at radius 2 is 1.67 bits per heavy atom. The molecule has 3 aromatic carbocycles. The molecule has 1 aliphatic rings. The molecule has 0 aliphatic carbocycles. The number of nitrogens with zero attached hydrogens (tertiary/aromatic N) is 1. The van der Waals surface area contributed by atoms with Crippen molar-refractivity contribution < 1.29 is 44.4 Å². The van der Waals surface area contributed by atoms with Gasteiger partial charge in [0.2, 0.25) is 9.84 Å². The predicted octanol–water partition coefficient (Wildman–Crippen LogP) is 3.98. The van der Waals surface area contributed by atoms with Crippen molar-refractivity contribution in [3.63, 3.8) is 0 Å². The van der Waals surface area contributed by atoms with Gasteiger partial charge in [0, 0.05) is 28.7 Å². The van der Waals surface area contributed by atoms with Gasteiger partial charge in [0.15, 0.2) is 9.84 Å². The van der Waals surface area contributed by atoms with Crippen LogP contribution in [0.5, 0.6) is 0 Å². The molecule has 11 nitrogen and oxygen atoms in total. The van der Waals surface area contributed by atoms with Crippen molar-refractivity contribution in [3.05, 3.63) is 88.9 Å². The van der Waals surface area contributed by atoms with E-state index in [0.29, 0.717) is 15.4 Å². The molecule has 17 heteroatoms. The zero-order chi connectivity index (χ0) is 33.3. The Morgan fingerprint density at radius 3 is 2.39 bits per heavy atom. The third-order valence-electron chi connectivity index (χ3n) is 6.77. The summed E-state index contributed by atoms with van der Waals surface area (Å²) in [7, 11) is -7.84. The number of hydrogen-bond donors (Lipinski definition) is 3. The number of alkyl halides is 3. The molecule has 4 aromatic rings. The molecule has 46 heavy (non-hydrogen) atoms. The first-order chi connectivity index (χ1) is 21.7. The van der Waals surface area contributed by atoms with E-state index in [2.05, 4.69) is 15.6 Å². The highest BCUT2D eigenvalue weighted by atomic mass is 32.2. The summed E-state index contributed by atoms with van der Waals surface area (Å²) in [5, 5.41) is 7.44. The van der Waals surface area contributed by atoms with Crippen molar-refractivity contribution in [2.75, 3.05) is 17.6 Å². The molecule has 240 valence electrons. The zero-order valence-corrected chi connectivity index (χ0v) is 25.9. The molecule has 3 amide bonds. The molecular weight excluding hydrogens is 670 g/mol. The largest absolute Gasteiger partial charge is 0.471 e. The summed E-state index contributed by atoms with van der Waals surface area (Å²) in [6.07, 6.45) is -3.72. The number of rotatable bonds is 9. The minimum atomic E-state index is -5.04. The van der Waals surface area contributed by atoms with Gasteiger partial charge < -0.3 is 16.0 Å². The number of anilines is 1. The van der Waals surface area contributed by atoms with Crippen LogP contribution in [0, 0.1) is 0 Å². The Bertz CT molecular complexity index is 2060. The van der Waals surface area contributed by atoms with Gasteiger partial charge in [-0.1, -0.05) is 24.3 Å². The van der Waals surface area contributed by atoms with Crippen LogP contribution in [0.4, 0.5) is 18.9 Å². The van der Waals surface area contributed by atoms with Crippen molar-refractivity contribution in [1.82, 2.24) is 15.6 Å². The number of carbonyl (C=O) groups excluding carboxylic acids is 3. The fraction of sp³-hybridized carbons (Fsp3) is 0.172. The van der Waals surface area contributed by atoms with E-state index in [-0.39, 0.29) is 44.5 Å². The number of fused-ring (bicyclic) bond motifs is 2. The van der Waals surface area contributed by atoms with Gasteiger partial charge in [-0.2, -0.15) is 13.2 Å². The average molecular weight is 693 g/mol. The van der Waals surface area contributed by atoms with Crippen LogP contribution in [0.15, 0.2) is 87.6 Å². The highest BCUT2D eigenvalue weighted by Gasteiger charge is 2.38. The van der Waals surface area contributed by atoms with Gasteiger partial charge in [-0.15, -0.1) is 11.3 Å². The highest BCUT2D eigenvalue weighted by molar-refractivity contribution is 7.92. The molecule has 2 heterocycles. The first kappa shape index (κ1) is 32.8. The molecule has 0 saturated carbocycles. The van der Waals surface area contributed by atoms with E-state index in [1.54, 1.807) is 11.4 Å². The normalized spacial score (nSPS) is 13.9. The Kier molecular flexibility index (Phi) is 9.01. The molecular formula is C29H23F3N4O7S3. The van der Waals surface area contributed by atoms with E-state index in [1.807, 2.05) is 0 Å². The van der Waals surface area contributed by atoms with Crippen molar-refractivity contribution in [3.8, 4) is 10.6 Å². The van der Waals surface area contributed by atoms with Gasteiger partial charge >= 0.3 is 12.1 Å². The van der Waals surface area contributed by atoms with Crippen molar-refractivity contribution in [1.29, 1.82) is 0 Å². The fourth-order valence-corrected chi connectivity index (χ4v) is 8.24. The molecule has 0 unspecified atom stereocenters. The minimum absolute atomic E-state index is 0.00317. The van der Waals surface area contributed by atoms with Crippen LogP contribution in [-0.2, 0) is 31.0 Å². The summed E-state index contributed by atoms with van der Waals surface area (Å²) in [4.78, 5) is 41.1. The lowest BCUT2D eigenvalue weighted by molar-refractivity contribution is -0.173. The maximum absolute atomic E-state index is 13.2. The summed E-state index contributed by atoms with van der Waals surface area (Å²) in [5.41, 5.74) is 0.677. The molecule has 0 fully saturated rings. The van der Waals surface area contributed by atoms with E-state index in [0.717, 1.165) is 0 Å². The van der Waals surface area contributed by atoms with Crippen LogP contribution in [0.1, 0.15) is 32.0 Å². The first-order valence-electron chi connectivity index (χ1n) is 13.4. The van der Waals surface area contributed by atoms with Gasteiger partial charge in [-0.25, -0.2) is 21.8 Å². The van der Waals surface area contributed by atoms with Gasteiger partial charge in [0.05, 0.1) is 38.2 Å². The summed E-state index contributed by atoms with van der Waals surface area (Å²) in [6.45, 7) is -0.380. The lowest BCUT2D eigenvalue weighted by Gasteiger charge is -2.10. The molecule has 0 bridgehead atoms. The molecule has 5 rings (SSSR count). The number of thiazole rings is 1. The van der Waals surface area contributed by atoms with E-state index >= 15 is 0 Å². The average Bonchev–Trinajstić information content (AvgIpc) is 3.47. The zero-order valence-electron chi connectivity index (χ0n) is 23.4. The maximum Gasteiger partial charge on any atom is 0.471 e. The number of hydrogen-bond acceptors (Lipinski definition) is 9. The smallest absolute Gasteiger partial charge is 0.348 e. The number of amides is 3. The van der Waals surface area contributed by atoms with Gasteiger partial charge in [-0.05, 0) is 48.9 Å². The van der Waals surface area contributed by atoms with E-state index in [9.17, 15) is 44.4 Å². The topological polar surface area (TPSA) is 168 Å². The molecule has 0 radical (unpaired) electrons. The second-order valence-electron chi connectivity index (χ2n) is 9.93. The summed E-state index contributed by atoms with van der Waals surface area (Å²) in [6, 6.07) is 15.5. The second kappa shape index (κ2) is 12.6. The Hall–Kier alpha value is -4.61. The molecule has 0 saturated heterocycles. The number of benzene rings is 3. The number of carbonyl (C=O) groups is 3. The second-order valence-corrected chi connectivity index (χ2v) is 15.0. The van der Waals surface area contributed by atoms with Crippen molar-refractivity contribution >= 4 is 54.4 Å². The van der Waals surface area contributed by atoms with Crippen molar-refractivity contribution in [2.45, 2.75) is 33.8 Å². The molecule has 0 spiro atoms. The van der Waals surface area contributed by atoms with Crippen LogP contribution in [0.3, 0.4) is 0 Å². The van der Waals surface area contributed by atoms with Gasteiger partial charge in [0.25, 0.3) is 11.8 Å². The van der Waals surface area contributed by atoms with Crippen LogP contribution in [0.25, 0.3) is 10.6 Å². The van der Waals surface area contributed by atoms with Crippen LogP contribution >= 0.6 is 11.3 Å². The molecule has 1 aliphatic heterocycles. The van der Waals surface area contributed by atoms with E-state index in [4.69, 9.17) is 0 Å². The van der Waals surface area contributed by atoms with Crippen LogP contribution < -0.4 is 16.0 Å². The van der Waals surface area contributed by atoms with Crippen LogP contribution in [0.2, 0.25) is 0 Å². The number of sulfone groups is 2. The quantitative estimate of drug-likeness (QED) is 0.222. The summed E-state index contributed by atoms with van der Waals surface area (Å²) >= 11 is 1.23. The number of halogens is 3. The summed E-state index contributed by atoms with van der Waals surface area (Å²) < 4.78 is 88.2. The predicted molar refractivity (Wildman–Crippen MR) is 161 cm³/mol. The fourth-order valence-electron chi connectivity index (χ4n) is 4.48. The first-order valence-corrected chi connectivity index (χ1v) is 17.3. The Balaban J connectivity index is 1.20. The Labute approximate surface area is 264 Å². The van der Waals surface area contributed by atoms with Gasteiger partial charge in [0.1, 0.15) is 5.01 Å².